The van der Waals surface area contributed by atoms with Crippen molar-refractivity contribution in [1.29, 1.82) is 0 Å². The van der Waals surface area contributed by atoms with Crippen molar-refractivity contribution in [3.63, 3.8) is 0 Å². The van der Waals surface area contributed by atoms with Gasteiger partial charge in [0.1, 0.15) is 0 Å². The summed E-state index contributed by atoms with van der Waals surface area (Å²) >= 11 is 1.67. The first-order chi connectivity index (χ1) is 10.9. The summed E-state index contributed by atoms with van der Waals surface area (Å²) in [6, 6.07) is 10.6. The second kappa shape index (κ2) is 6.01. The molecule has 5 heteroatoms. The van der Waals surface area contributed by atoms with Gasteiger partial charge in [0.15, 0.2) is 5.82 Å². The van der Waals surface area contributed by atoms with Crippen LogP contribution >= 0.6 is 11.3 Å². The molecule has 22 heavy (non-hydrogen) atoms. The molecule has 0 N–H and O–H groups in total. The highest BCUT2D eigenvalue weighted by Gasteiger charge is 2.21. The maximum absolute atomic E-state index is 4.26. The van der Waals surface area contributed by atoms with Crippen LogP contribution in [0.3, 0.4) is 0 Å². The average Bonchev–Trinajstić information content (AvgIpc) is 3.26. The van der Waals surface area contributed by atoms with Gasteiger partial charge in [0.05, 0.1) is 5.69 Å². The van der Waals surface area contributed by atoms with Gasteiger partial charge >= 0.3 is 0 Å². The summed E-state index contributed by atoms with van der Waals surface area (Å²) in [6.45, 7) is 0. The van der Waals surface area contributed by atoms with Crippen LogP contribution in [0, 0.1) is 0 Å². The van der Waals surface area contributed by atoms with Crippen LogP contribution in [-0.2, 0) is 0 Å². The molecule has 1 aromatic carbocycles. The molecule has 4 rings (SSSR count). The summed E-state index contributed by atoms with van der Waals surface area (Å²) in [5.41, 5.74) is 3.58. The van der Waals surface area contributed by atoms with Gasteiger partial charge in [-0.3, -0.25) is 0 Å². The predicted molar refractivity (Wildman–Crippen MR) is 88.3 cm³/mol. The Morgan fingerprint density at radius 2 is 1.91 bits per heavy atom. The fourth-order valence-electron chi connectivity index (χ4n) is 3.36. The van der Waals surface area contributed by atoms with E-state index in [4.69, 9.17) is 0 Å². The molecular formula is C17H18N4S. The van der Waals surface area contributed by atoms with Crippen LogP contribution in [-0.4, -0.2) is 20.2 Å². The number of rotatable bonds is 3. The summed E-state index contributed by atoms with van der Waals surface area (Å²) in [7, 11) is 0. The average molecular weight is 310 g/mol. The number of benzene rings is 1. The predicted octanol–water partition coefficient (Wildman–Crippen LogP) is 4.44. The Kier molecular flexibility index (Phi) is 3.72. The largest absolute Gasteiger partial charge is 0.192 e. The van der Waals surface area contributed by atoms with Crippen LogP contribution in [0.25, 0.3) is 17.1 Å². The first-order valence-corrected chi connectivity index (χ1v) is 8.78. The molecule has 0 unspecified atom stereocenters. The molecule has 1 fully saturated rings. The van der Waals surface area contributed by atoms with Gasteiger partial charge in [-0.05, 0) is 52.3 Å². The summed E-state index contributed by atoms with van der Waals surface area (Å²) in [5, 5.41) is 16.5. The van der Waals surface area contributed by atoms with Crippen molar-refractivity contribution in [2.45, 2.75) is 38.0 Å². The molecule has 1 aliphatic carbocycles. The second-order valence-corrected chi connectivity index (χ2v) is 6.60. The Balaban J connectivity index is 1.79. The third-order valence-electron chi connectivity index (χ3n) is 4.46. The number of aromatic nitrogens is 4. The lowest BCUT2D eigenvalue weighted by molar-refractivity contribution is 0.442. The maximum Gasteiger partial charge on any atom is 0.187 e. The third kappa shape index (κ3) is 2.46. The minimum atomic E-state index is 0.629. The standard InChI is InChI=1S/C17H18N4S/c1-2-6-13(7-3-1)15-8-4-5-9-16(15)21-17(18-19-20-21)14-10-11-22-12-14/h4-5,8-13H,1-3,6-7H2. The molecule has 2 heterocycles. The molecule has 0 atom stereocenters. The van der Waals surface area contributed by atoms with Crippen molar-refractivity contribution in [2.24, 2.45) is 0 Å². The topological polar surface area (TPSA) is 43.6 Å². The SMILES string of the molecule is c1ccc(-n2nnnc2-c2ccsc2)c(C2CCCCC2)c1. The molecule has 2 aromatic heterocycles. The Morgan fingerprint density at radius 1 is 1.05 bits per heavy atom. The van der Waals surface area contributed by atoms with E-state index in [2.05, 4.69) is 56.6 Å². The van der Waals surface area contributed by atoms with E-state index < -0.39 is 0 Å². The molecule has 0 bridgehead atoms. The van der Waals surface area contributed by atoms with Crippen LogP contribution in [0.4, 0.5) is 0 Å². The van der Waals surface area contributed by atoms with Crippen LogP contribution in [0.5, 0.6) is 0 Å². The molecule has 0 saturated heterocycles. The first kappa shape index (κ1) is 13.6. The first-order valence-electron chi connectivity index (χ1n) is 7.84. The van der Waals surface area contributed by atoms with E-state index in [0.29, 0.717) is 5.92 Å². The summed E-state index contributed by atoms with van der Waals surface area (Å²) in [6.07, 6.45) is 6.56. The number of tetrazole rings is 1. The van der Waals surface area contributed by atoms with Gasteiger partial charge in [0.25, 0.3) is 0 Å². The van der Waals surface area contributed by atoms with E-state index in [0.717, 1.165) is 17.1 Å². The third-order valence-corrected chi connectivity index (χ3v) is 5.14. The lowest BCUT2D eigenvalue weighted by Crippen LogP contribution is -2.10. The number of para-hydroxylation sites is 1. The van der Waals surface area contributed by atoms with Crippen molar-refractivity contribution in [3.8, 4) is 17.1 Å². The van der Waals surface area contributed by atoms with E-state index in [9.17, 15) is 0 Å². The van der Waals surface area contributed by atoms with Gasteiger partial charge in [-0.15, -0.1) is 5.10 Å². The molecule has 0 amide bonds. The van der Waals surface area contributed by atoms with E-state index >= 15 is 0 Å². The lowest BCUT2D eigenvalue weighted by atomic mass is 9.83. The van der Waals surface area contributed by atoms with Gasteiger partial charge in [0, 0.05) is 10.9 Å². The highest BCUT2D eigenvalue weighted by molar-refractivity contribution is 7.08. The summed E-state index contributed by atoms with van der Waals surface area (Å²) < 4.78 is 1.89. The normalized spacial score (nSPS) is 16.0. The molecule has 3 aromatic rings. The molecule has 0 radical (unpaired) electrons. The Bertz CT molecular complexity index is 742. The van der Waals surface area contributed by atoms with E-state index in [-0.39, 0.29) is 0 Å². The van der Waals surface area contributed by atoms with Crippen LogP contribution in [0.1, 0.15) is 43.6 Å². The Morgan fingerprint density at radius 3 is 2.73 bits per heavy atom. The molecule has 1 aliphatic rings. The van der Waals surface area contributed by atoms with Crippen molar-refractivity contribution in [1.82, 2.24) is 20.2 Å². The van der Waals surface area contributed by atoms with Gasteiger partial charge in [-0.2, -0.15) is 16.0 Å². The minimum absolute atomic E-state index is 0.629. The highest BCUT2D eigenvalue weighted by Crippen LogP contribution is 2.36. The molecule has 112 valence electrons. The van der Waals surface area contributed by atoms with Gasteiger partial charge < -0.3 is 0 Å². The fourth-order valence-corrected chi connectivity index (χ4v) is 3.99. The summed E-state index contributed by atoms with van der Waals surface area (Å²) in [5.74, 6) is 1.45. The Labute approximate surface area is 133 Å². The maximum atomic E-state index is 4.26. The zero-order valence-corrected chi connectivity index (χ0v) is 13.2. The zero-order valence-electron chi connectivity index (χ0n) is 12.4. The Hall–Kier alpha value is -2.01. The van der Waals surface area contributed by atoms with Gasteiger partial charge in [0.2, 0.25) is 0 Å². The van der Waals surface area contributed by atoms with Crippen LogP contribution in [0.15, 0.2) is 41.1 Å². The van der Waals surface area contributed by atoms with Crippen molar-refractivity contribution in [2.75, 3.05) is 0 Å². The molecule has 1 saturated carbocycles. The van der Waals surface area contributed by atoms with Gasteiger partial charge in [-0.25, -0.2) is 0 Å². The van der Waals surface area contributed by atoms with Gasteiger partial charge in [-0.1, -0.05) is 37.5 Å². The summed E-state index contributed by atoms with van der Waals surface area (Å²) in [4.78, 5) is 0. The van der Waals surface area contributed by atoms with Crippen molar-refractivity contribution >= 4 is 11.3 Å². The fraction of sp³-hybridized carbons (Fsp3) is 0.353. The van der Waals surface area contributed by atoms with Crippen LogP contribution in [0.2, 0.25) is 0 Å². The monoisotopic (exact) mass is 310 g/mol. The van der Waals surface area contributed by atoms with E-state index in [1.165, 1.54) is 37.7 Å². The minimum Gasteiger partial charge on any atom is -0.192 e. The number of hydrogen-bond acceptors (Lipinski definition) is 4. The van der Waals surface area contributed by atoms with Crippen molar-refractivity contribution < 1.29 is 0 Å². The van der Waals surface area contributed by atoms with Crippen LogP contribution < -0.4 is 0 Å². The smallest absolute Gasteiger partial charge is 0.187 e. The molecular weight excluding hydrogens is 292 g/mol. The number of hydrogen-bond donors (Lipinski definition) is 0. The lowest BCUT2D eigenvalue weighted by Gasteiger charge is -2.24. The quantitative estimate of drug-likeness (QED) is 0.718. The zero-order chi connectivity index (χ0) is 14.8. The van der Waals surface area contributed by atoms with Crippen molar-refractivity contribution in [3.05, 3.63) is 46.7 Å². The molecule has 0 spiro atoms. The molecule has 0 aliphatic heterocycles. The highest BCUT2D eigenvalue weighted by atomic mass is 32.1. The molecule has 4 nitrogen and oxygen atoms in total. The van der Waals surface area contributed by atoms with E-state index in [1.54, 1.807) is 11.3 Å². The number of nitrogens with zero attached hydrogens (tertiary/aromatic N) is 4. The second-order valence-electron chi connectivity index (χ2n) is 5.82. The number of thiophene rings is 1. The van der Waals surface area contributed by atoms with E-state index in [1.807, 2.05) is 4.68 Å².